The highest BCUT2D eigenvalue weighted by Gasteiger charge is 2.16. The lowest BCUT2D eigenvalue weighted by Crippen LogP contribution is -2.14. The van der Waals surface area contributed by atoms with Gasteiger partial charge in [-0.15, -0.1) is 0 Å². The van der Waals surface area contributed by atoms with Gasteiger partial charge >= 0.3 is 5.97 Å². The number of hydrogen-bond donors (Lipinski definition) is 2. The second-order valence-corrected chi connectivity index (χ2v) is 8.69. The van der Waals surface area contributed by atoms with Crippen LogP contribution in [-0.4, -0.2) is 19.5 Å². The molecule has 0 spiro atoms. The highest BCUT2D eigenvalue weighted by molar-refractivity contribution is 7.92. The molecule has 0 saturated carbocycles. The smallest absolute Gasteiger partial charge is 0.303 e. The summed E-state index contributed by atoms with van der Waals surface area (Å²) in [5.74, 6) is 5.17. The van der Waals surface area contributed by atoms with E-state index < -0.39 is 16.0 Å². The van der Waals surface area contributed by atoms with Gasteiger partial charge in [0.1, 0.15) is 0 Å². The zero-order chi connectivity index (χ0) is 20.7. The SMILES string of the molecule is CC(C)c1ccc(S(=O)(=O)Nc2ccc(Cl)cc2C#CCCCC(=O)O)cc1. The fourth-order valence-corrected chi connectivity index (χ4v) is 3.68. The number of sulfonamides is 1. The van der Waals surface area contributed by atoms with Gasteiger partial charge in [-0.1, -0.05) is 49.4 Å². The van der Waals surface area contributed by atoms with Gasteiger partial charge in [0.25, 0.3) is 10.0 Å². The fraction of sp³-hybridized carbons (Fsp3) is 0.286. The molecule has 2 aromatic rings. The van der Waals surface area contributed by atoms with Crippen LogP contribution in [0.15, 0.2) is 47.4 Å². The second kappa shape index (κ2) is 9.63. The van der Waals surface area contributed by atoms with Crippen LogP contribution in [0.4, 0.5) is 5.69 Å². The van der Waals surface area contributed by atoms with E-state index in [1.807, 2.05) is 13.8 Å². The lowest BCUT2D eigenvalue weighted by molar-refractivity contribution is -0.137. The Bertz CT molecular complexity index is 1000. The molecule has 28 heavy (non-hydrogen) atoms. The van der Waals surface area contributed by atoms with Crippen molar-refractivity contribution in [3.8, 4) is 11.8 Å². The van der Waals surface area contributed by atoms with Crippen molar-refractivity contribution < 1.29 is 18.3 Å². The van der Waals surface area contributed by atoms with E-state index in [-0.39, 0.29) is 11.3 Å². The molecule has 0 fully saturated rings. The van der Waals surface area contributed by atoms with Crippen LogP contribution >= 0.6 is 11.6 Å². The lowest BCUT2D eigenvalue weighted by atomic mass is 10.0. The van der Waals surface area contributed by atoms with Crippen LogP contribution in [0, 0.1) is 11.8 Å². The number of nitrogens with one attached hydrogen (secondary N) is 1. The summed E-state index contributed by atoms with van der Waals surface area (Å²) in [6.45, 7) is 4.08. The van der Waals surface area contributed by atoms with E-state index >= 15 is 0 Å². The molecule has 0 bridgehead atoms. The highest BCUT2D eigenvalue weighted by Crippen LogP contribution is 2.24. The number of rotatable bonds is 7. The monoisotopic (exact) mass is 419 g/mol. The van der Waals surface area contributed by atoms with E-state index in [2.05, 4.69) is 16.6 Å². The molecule has 0 aliphatic carbocycles. The average Bonchev–Trinajstić information content (AvgIpc) is 2.63. The summed E-state index contributed by atoms with van der Waals surface area (Å²) in [7, 11) is -3.78. The first-order valence-corrected chi connectivity index (χ1v) is 10.7. The topological polar surface area (TPSA) is 83.5 Å². The minimum Gasteiger partial charge on any atom is -0.481 e. The molecule has 0 unspecified atom stereocenters. The van der Waals surface area contributed by atoms with E-state index in [0.717, 1.165) is 5.56 Å². The van der Waals surface area contributed by atoms with Crippen LogP contribution in [0.1, 0.15) is 50.2 Å². The number of halogens is 1. The van der Waals surface area contributed by atoms with E-state index in [4.69, 9.17) is 16.7 Å². The number of unbranched alkanes of at least 4 members (excludes halogenated alkanes) is 1. The zero-order valence-corrected chi connectivity index (χ0v) is 17.3. The fourth-order valence-electron chi connectivity index (χ4n) is 2.43. The van der Waals surface area contributed by atoms with Crippen molar-refractivity contribution in [1.82, 2.24) is 0 Å². The Labute approximate surface area is 170 Å². The maximum atomic E-state index is 12.7. The first-order valence-electron chi connectivity index (χ1n) is 8.82. The predicted octanol–water partition coefficient (Wildman–Crippen LogP) is 4.87. The van der Waals surface area contributed by atoms with Crippen LogP contribution in [0.25, 0.3) is 0 Å². The van der Waals surface area contributed by atoms with Crippen LogP contribution < -0.4 is 4.72 Å². The summed E-state index contributed by atoms with van der Waals surface area (Å²) in [6, 6.07) is 11.5. The molecule has 0 aromatic heterocycles. The van der Waals surface area contributed by atoms with Crippen molar-refractivity contribution in [3.05, 3.63) is 58.6 Å². The van der Waals surface area contributed by atoms with Crippen molar-refractivity contribution in [2.75, 3.05) is 4.72 Å². The maximum absolute atomic E-state index is 12.7. The minimum absolute atomic E-state index is 0.0378. The molecule has 0 atom stereocenters. The first kappa shape index (κ1) is 21.8. The Morgan fingerprint density at radius 1 is 1.18 bits per heavy atom. The van der Waals surface area contributed by atoms with Gasteiger partial charge in [-0.3, -0.25) is 9.52 Å². The van der Waals surface area contributed by atoms with Crippen LogP contribution in [0.2, 0.25) is 5.02 Å². The largest absolute Gasteiger partial charge is 0.481 e. The second-order valence-electron chi connectivity index (χ2n) is 6.57. The first-order chi connectivity index (χ1) is 13.2. The van der Waals surface area contributed by atoms with Crippen molar-refractivity contribution in [3.63, 3.8) is 0 Å². The standard InChI is InChI=1S/C21H22ClNO4S/c1-15(2)16-8-11-19(12-9-16)28(26,27)23-20-13-10-18(22)14-17(20)6-4-3-5-7-21(24)25/h8-15,23H,3,5,7H2,1-2H3,(H,24,25). The van der Waals surface area contributed by atoms with Crippen LogP contribution in [0.3, 0.4) is 0 Å². The van der Waals surface area contributed by atoms with E-state index in [9.17, 15) is 13.2 Å². The molecular weight excluding hydrogens is 398 g/mol. The third-order valence-corrected chi connectivity index (χ3v) is 5.61. The van der Waals surface area contributed by atoms with Gasteiger partial charge in [0.15, 0.2) is 0 Å². The summed E-state index contributed by atoms with van der Waals surface area (Å²) in [4.78, 5) is 10.7. The predicted molar refractivity (Wildman–Crippen MR) is 111 cm³/mol. The molecule has 2 rings (SSSR count). The number of benzene rings is 2. The van der Waals surface area contributed by atoms with Gasteiger partial charge < -0.3 is 5.11 Å². The van der Waals surface area contributed by atoms with Crippen molar-refractivity contribution >= 4 is 33.3 Å². The van der Waals surface area contributed by atoms with E-state index in [1.165, 1.54) is 0 Å². The molecule has 148 valence electrons. The number of anilines is 1. The number of carboxylic acid groups (broad SMARTS) is 1. The van der Waals surface area contributed by atoms with Gasteiger partial charge in [0.2, 0.25) is 0 Å². The Morgan fingerprint density at radius 3 is 2.46 bits per heavy atom. The summed E-state index contributed by atoms with van der Waals surface area (Å²) >= 11 is 6.01. The minimum atomic E-state index is -3.78. The molecule has 0 aliphatic heterocycles. The third kappa shape index (κ3) is 6.29. The van der Waals surface area contributed by atoms with Crippen molar-refractivity contribution in [1.29, 1.82) is 0 Å². The summed E-state index contributed by atoms with van der Waals surface area (Å²) in [5, 5.41) is 9.08. The summed E-state index contributed by atoms with van der Waals surface area (Å²) < 4.78 is 28.0. The van der Waals surface area contributed by atoms with Crippen molar-refractivity contribution in [2.45, 2.75) is 43.9 Å². The van der Waals surface area contributed by atoms with Gasteiger partial charge in [-0.25, -0.2) is 8.42 Å². The highest BCUT2D eigenvalue weighted by atomic mass is 35.5. The Kier molecular flexibility index (Phi) is 7.50. The molecule has 0 radical (unpaired) electrons. The molecule has 0 aliphatic rings. The Morgan fingerprint density at radius 2 is 1.86 bits per heavy atom. The molecule has 2 N–H and O–H groups in total. The number of carbonyl (C=O) groups is 1. The molecular formula is C21H22ClNO4S. The zero-order valence-electron chi connectivity index (χ0n) is 15.7. The maximum Gasteiger partial charge on any atom is 0.303 e. The lowest BCUT2D eigenvalue weighted by Gasteiger charge is -2.11. The van der Waals surface area contributed by atoms with Crippen LogP contribution in [0.5, 0.6) is 0 Å². The van der Waals surface area contributed by atoms with Gasteiger partial charge in [-0.05, 0) is 48.2 Å². The summed E-state index contributed by atoms with van der Waals surface area (Å²) in [6.07, 6.45) is 0.851. The van der Waals surface area contributed by atoms with E-state index in [0.29, 0.717) is 35.0 Å². The van der Waals surface area contributed by atoms with Gasteiger partial charge in [0, 0.05) is 17.9 Å². The summed E-state index contributed by atoms with van der Waals surface area (Å²) in [5.41, 5.74) is 1.81. The third-order valence-electron chi connectivity index (χ3n) is 4.00. The quantitative estimate of drug-likeness (QED) is 0.495. The normalized spacial score (nSPS) is 11.0. The molecule has 5 nitrogen and oxygen atoms in total. The number of carboxylic acids is 1. The average molecular weight is 420 g/mol. The Balaban J connectivity index is 2.22. The van der Waals surface area contributed by atoms with Gasteiger partial charge in [0.05, 0.1) is 16.1 Å². The number of hydrogen-bond acceptors (Lipinski definition) is 3. The van der Waals surface area contributed by atoms with Crippen molar-refractivity contribution in [2.24, 2.45) is 0 Å². The Hall–Kier alpha value is -2.49. The molecule has 0 heterocycles. The molecule has 0 amide bonds. The van der Waals surface area contributed by atoms with E-state index in [1.54, 1.807) is 42.5 Å². The van der Waals surface area contributed by atoms with Crippen LogP contribution in [-0.2, 0) is 14.8 Å². The number of aliphatic carboxylic acids is 1. The molecule has 2 aromatic carbocycles. The molecule has 7 heteroatoms. The molecule has 0 saturated heterocycles. The van der Waals surface area contributed by atoms with Gasteiger partial charge in [-0.2, -0.15) is 0 Å².